The minimum atomic E-state index is 0.0137. The molecular weight excluding hydrogens is 306 g/mol. The van der Waals surface area contributed by atoms with Gasteiger partial charge in [0, 0.05) is 29.4 Å². The summed E-state index contributed by atoms with van der Waals surface area (Å²) in [4.78, 5) is 11.9. The maximum Gasteiger partial charge on any atom is 0.220 e. The molecule has 0 fully saturated rings. The fourth-order valence-electron chi connectivity index (χ4n) is 2.22. The highest BCUT2D eigenvalue weighted by atomic mass is 79.9. The van der Waals surface area contributed by atoms with E-state index in [0.717, 1.165) is 28.8 Å². The summed E-state index contributed by atoms with van der Waals surface area (Å²) < 4.78 is 6.68. The minimum Gasteiger partial charge on any atom is -0.493 e. The molecule has 0 aliphatic carbocycles. The van der Waals surface area contributed by atoms with Crippen molar-refractivity contribution < 1.29 is 9.53 Å². The van der Waals surface area contributed by atoms with Crippen molar-refractivity contribution in [1.29, 1.82) is 0 Å². The highest BCUT2D eigenvalue weighted by molar-refractivity contribution is 9.10. The average molecular weight is 326 g/mol. The fraction of sp³-hybridized carbons (Fsp3) is 0.533. The van der Waals surface area contributed by atoms with E-state index < -0.39 is 0 Å². The van der Waals surface area contributed by atoms with Crippen molar-refractivity contribution >= 4 is 21.8 Å². The molecule has 0 saturated carbocycles. The number of hydrogen-bond donors (Lipinski definition) is 1. The van der Waals surface area contributed by atoms with Gasteiger partial charge >= 0.3 is 0 Å². The molecule has 1 heterocycles. The van der Waals surface area contributed by atoms with Crippen molar-refractivity contribution in [2.45, 2.75) is 40.2 Å². The SMILES string of the molecule is CC(C)(C)CC(=O)NCc1cc(Br)cc2c1OCC2. The number of carbonyl (C=O) groups is 1. The lowest BCUT2D eigenvalue weighted by Gasteiger charge is -2.17. The van der Waals surface area contributed by atoms with Gasteiger partial charge in [0.2, 0.25) is 5.91 Å². The molecule has 0 saturated heterocycles. The van der Waals surface area contributed by atoms with E-state index >= 15 is 0 Å². The molecule has 1 aliphatic heterocycles. The van der Waals surface area contributed by atoms with Crippen molar-refractivity contribution in [3.8, 4) is 5.75 Å². The Morgan fingerprint density at radius 3 is 2.84 bits per heavy atom. The summed E-state index contributed by atoms with van der Waals surface area (Å²) >= 11 is 3.50. The minimum absolute atomic E-state index is 0.0137. The van der Waals surface area contributed by atoms with Crippen LogP contribution in [0.5, 0.6) is 5.75 Å². The van der Waals surface area contributed by atoms with Crippen LogP contribution >= 0.6 is 15.9 Å². The molecule has 1 aromatic carbocycles. The number of halogens is 1. The van der Waals surface area contributed by atoms with Gasteiger partial charge in [0.15, 0.2) is 0 Å². The summed E-state index contributed by atoms with van der Waals surface area (Å²) in [6, 6.07) is 4.10. The fourth-order valence-corrected chi connectivity index (χ4v) is 2.77. The Balaban J connectivity index is 2.02. The van der Waals surface area contributed by atoms with Crippen LogP contribution in [-0.2, 0) is 17.8 Å². The van der Waals surface area contributed by atoms with E-state index in [1.165, 1.54) is 5.56 Å². The summed E-state index contributed by atoms with van der Waals surface area (Å²) in [5.74, 6) is 1.03. The summed E-state index contributed by atoms with van der Waals surface area (Å²) in [7, 11) is 0. The van der Waals surface area contributed by atoms with Gasteiger partial charge in [0.25, 0.3) is 0 Å². The highest BCUT2D eigenvalue weighted by Gasteiger charge is 2.19. The third kappa shape index (κ3) is 3.96. The molecule has 1 amide bonds. The molecule has 1 aromatic rings. The van der Waals surface area contributed by atoms with Gasteiger partial charge < -0.3 is 10.1 Å². The quantitative estimate of drug-likeness (QED) is 0.924. The molecule has 0 atom stereocenters. The van der Waals surface area contributed by atoms with Gasteiger partial charge in [0.05, 0.1) is 6.61 Å². The summed E-state index contributed by atoms with van der Waals surface area (Å²) in [5, 5.41) is 2.97. The smallest absolute Gasteiger partial charge is 0.220 e. The summed E-state index contributed by atoms with van der Waals surface area (Å²) in [5.41, 5.74) is 2.28. The van der Waals surface area contributed by atoms with Crippen LogP contribution in [0.4, 0.5) is 0 Å². The molecule has 0 bridgehead atoms. The first-order valence-corrected chi connectivity index (χ1v) is 7.35. The van der Waals surface area contributed by atoms with Crippen LogP contribution in [0.3, 0.4) is 0 Å². The third-order valence-corrected chi connectivity index (χ3v) is 3.45. The topological polar surface area (TPSA) is 38.3 Å². The predicted molar refractivity (Wildman–Crippen MR) is 79.3 cm³/mol. The lowest BCUT2D eigenvalue weighted by molar-refractivity contribution is -0.122. The summed E-state index contributed by atoms with van der Waals surface area (Å²) in [6.07, 6.45) is 1.47. The summed E-state index contributed by atoms with van der Waals surface area (Å²) in [6.45, 7) is 7.44. The molecule has 3 nitrogen and oxygen atoms in total. The first-order chi connectivity index (χ1) is 8.85. The molecule has 1 aliphatic rings. The Kier molecular flexibility index (Phi) is 4.19. The maximum absolute atomic E-state index is 11.9. The second kappa shape index (κ2) is 5.53. The van der Waals surface area contributed by atoms with E-state index in [4.69, 9.17) is 4.74 Å². The van der Waals surface area contributed by atoms with Crippen molar-refractivity contribution in [3.63, 3.8) is 0 Å². The molecule has 19 heavy (non-hydrogen) atoms. The second-order valence-corrected chi connectivity index (χ2v) is 7.08. The van der Waals surface area contributed by atoms with E-state index in [-0.39, 0.29) is 11.3 Å². The second-order valence-electron chi connectivity index (χ2n) is 6.17. The Morgan fingerprint density at radius 2 is 2.16 bits per heavy atom. The Bertz CT molecular complexity index is 492. The standard InChI is InChI=1S/C15H20BrNO2/c1-15(2,3)8-13(18)17-9-11-7-12(16)6-10-4-5-19-14(10)11/h6-7H,4-5,8-9H2,1-3H3,(H,17,18). The predicted octanol–water partition coefficient (Wildman–Crippen LogP) is 3.44. The van der Waals surface area contributed by atoms with Crippen LogP contribution < -0.4 is 10.1 Å². The van der Waals surface area contributed by atoms with Crippen molar-refractivity contribution in [2.24, 2.45) is 5.41 Å². The van der Waals surface area contributed by atoms with E-state index in [2.05, 4.69) is 48.1 Å². The molecular formula is C15H20BrNO2. The van der Waals surface area contributed by atoms with Gasteiger partial charge in [0.1, 0.15) is 5.75 Å². The highest BCUT2D eigenvalue weighted by Crippen LogP contribution is 2.32. The number of carbonyl (C=O) groups excluding carboxylic acids is 1. The molecule has 0 spiro atoms. The average Bonchev–Trinajstić information content (AvgIpc) is 2.71. The number of rotatable bonds is 3. The molecule has 1 N–H and O–H groups in total. The number of amides is 1. The molecule has 2 rings (SSSR count). The van der Waals surface area contributed by atoms with E-state index in [9.17, 15) is 4.79 Å². The number of hydrogen-bond acceptors (Lipinski definition) is 2. The van der Waals surface area contributed by atoms with Gasteiger partial charge in [-0.2, -0.15) is 0 Å². The van der Waals surface area contributed by atoms with Crippen molar-refractivity contribution in [3.05, 3.63) is 27.7 Å². The van der Waals surface area contributed by atoms with Crippen LogP contribution in [0.1, 0.15) is 38.3 Å². The van der Waals surface area contributed by atoms with Gasteiger partial charge in [-0.15, -0.1) is 0 Å². The zero-order valence-corrected chi connectivity index (χ0v) is 13.3. The van der Waals surface area contributed by atoms with Crippen LogP contribution in [0, 0.1) is 5.41 Å². The lowest BCUT2D eigenvalue weighted by Crippen LogP contribution is -2.27. The Morgan fingerprint density at radius 1 is 1.42 bits per heavy atom. The number of benzene rings is 1. The Hall–Kier alpha value is -1.03. The van der Waals surface area contributed by atoms with E-state index in [1.54, 1.807) is 0 Å². The van der Waals surface area contributed by atoms with Crippen LogP contribution in [-0.4, -0.2) is 12.5 Å². The van der Waals surface area contributed by atoms with E-state index in [1.807, 2.05) is 6.07 Å². The van der Waals surface area contributed by atoms with Crippen LogP contribution in [0.25, 0.3) is 0 Å². The van der Waals surface area contributed by atoms with Gasteiger partial charge in [-0.1, -0.05) is 36.7 Å². The Labute approximate surface area is 122 Å². The largest absolute Gasteiger partial charge is 0.493 e. The van der Waals surface area contributed by atoms with Gasteiger partial charge in [-0.3, -0.25) is 4.79 Å². The molecule has 0 unspecified atom stereocenters. The molecule has 0 aromatic heterocycles. The third-order valence-electron chi connectivity index (χ3n) is 2.99. The van der Waals surface area contributed by atoms with Crippen LogP contribution in [0.2, 0.25) is 0 Å². The zero-order chi connectivity index (χ0) is 14.0. The molecule has 0 radical (unpaired) electrons. The van der Waals surface area contributed by atoms with Gasteiger partial charge in [-0.25, -0.2) is 0 Å². The molecule has 4 heteroatoms. The number of ether oxygens (including phenoxy) is 1. The first kappa shape index (κ1) is 14.4. The van der Waals surface area contributed by atoms with Gasteiger partial charge in [-0.05, 0) is 23.1 Å². The first-order valence-electron chi connectivity index (χ1n) is 6.56. The maximum atomic E-state index is 11.9. The van der Waals surface area contributed by atoms with Crippen LogP contribution in [0.15, 0.2) is 16.6 Å². The number of nitrogens with one attached hydrogen (secondary N) is 1. The zero-order valence-electron chi connectivity index (χ0n) is 11.7. The van der Waals surface area contributed by atoms with Crippen molar-refractivity contribution in [2.75, 3.05) is 6.61 Å². The normalized spacial score (nSPS) is 13.9. The monoisotopic (exact) mass is 325 g/mol. The number of fused-ring (bicyclic) bond motifs is 1. The molecule has 104 valence electrons. The lowest BCUT2D eigenvalue weighted by atomic mass is 9.92. The van der Waals surface area contributed by atoms with E-state index in [0.29, 0.717) is 13.0 Å². The van der Waals surface area contributed by atoms with Crippen molar-refractivity contribution in [1.82, 2.24) is 5.32 Å².